The van der Waals surface area contributed by atoms with Crippen LogP contribution in [0.15, 0.2) is 33.5 Å². The van der Waals surface area contributed by atoms with E-state index >= 15 is 0 Å². The lowest BCUT2D eigenvalue weighted by Gasteiger charge is -2.07. The molecule has 0 radical (unpaired) electrons. The number of carbonyl (C=O) groups excluding carboxylic acids is 1. The predicted octanol–water partition coefficient (Wildman–Crippen LogP) is 3.84. The Balaban J connectivity index is 2.00. The molecule has 0 saturated carbocycles. The summed E-state index contributed by atoms with van der Waals surface area (Å²) in [6.07, 6.45) is 0. The van der Waals surface area contributed by atoms with Crippen LogP contribution >= 0.6 is 27.3 Å². The van der Waals surface area contributed by atoms with Crippen LogP contribution in [0, 0.1) is 20.8 Å². The Hall–Kier alpha value is -2.32. The molecule has 1 N–H and O–H groups in total. The van der Waals surface area contributed by atoms with Crippen LogP contribution in [0.25, 0.3) is 10.6 Å². The van der Waals surface area contributed by atoms with E-state index in [4.69, 9.17) is 0 Å². The molecule has 0 bridgehead atoms. The van der Waals surface area contributed by atoms with Crippen LogP contribution in [-0.2, 0) is 7.05 Å². The molecule has 2 aromatic heterocycles. The molecular weight excluding hydrogens is 416 g/mol. The van der Waals surface area contributed by atoms with Crippen molar-refractivity contribution in [2.24, 2.45) is 7.05 Å². The number of hydrogen-bond acceptors (Lipinski definition) is 5. The van der Waals surface area contributed by atoms with E-state index < -0.39 is 0 Å². The van der Waals surface area contributed by atoms with E-state index in [0.29, 0.717) is 26.8 Å². The first-order chi connectivity index (χ1) is 12.3. The predicted molar refractivity (Wildman–Crippen MR) is 107 cm³/mol. The highest BCUT2D eigenvalue weighted by Crippen LogP contribution is 2.29. The van der Waals surface area contributed by atoms with Gasteiger partial charge < -0.3 is 5.32 Å². The molecule has 1 aromatic carbocycles. The maximum atomic E-state index is 12.6. The largest absolute Gasteiger partial charge is 0.321 e. The fraction of sp³-hybridized carbons (Fsp3) is 0.222. The average molecular weight is 433 g/mol. The number of hydrogen-bond donors (Lipinski definition) is 1. The molecule has 3 aromatic rings. The fourth-order valence-electron chi connectivity index (χ4n) is 2.57. The molecule has 0 unspecified atom stereocenters. The van der Waals surface area contributed by atoms with Crippen molar-refractivity contribution in [3.8, 4) is 10.6 Å². The first-order valence-electron chi connectivity index (χ1n) is 7.87. The molecule has 0 aliphatic rings. The summed E-state index contributed by atoms with van der Waals surface area (Å²) < 4.78 is 2.18. The van der Waals surface area contributed by atoms with Gasteiger partial charge in [0, 0.05) is 17.2 Å². The Morgan fingerprint density at radius 3 is 2.65 bits per heavy atom. The van der Waals surface area contributed by atoms with Crippen LogP contribution < -0.4 is 10.9 Å². The van der Waals surface area contributed by atoms with Gasteiger partial charge in [0.05, 0.1) is 17.0 Å². The van der Waals surface area contributed by atoms with Gasteiger partial charge >= 0.3 is 0 Å². The van der Waals surface area contributed by atoms with Gasteiger partial charge in [-0.2, -0.15) is 5.10 Å². The molecule has 134 valence electrons. The number of thiazole rings is 1. The van der Waals surface area contributed by atoms with Gasteiger partial charge in [0.2, 0.25) is 0 Å². The molecule has 0 atom stereocenters. The maximum Gasteiger partial charge on any atom is 0.277 e. The normalized spacial score (nSPS) is 10.8. The third kappa shape index (κ3) is 3.47. The molecule has 1 amide bonds. The Morgan fingerprint density at radius 2 is 1.96 bits per heavy atom. The summed E-state index contributed by atoms with van der Waals surface area (Å²) in [4.78, 5) is 30.1. The lowest BCUT2D eigenvalue weighted by atomic mass is 10.1. The first-order valence-corrected chi connectivity index (χ1v) is 9.48. The van der Waals surface area contributed by atoms with Crippen molar-refractivity contribution in [2.75, 3.05) is 5.32 Å². The van der Waals surface area contributed by atoms with E-state index in [1.165, 1.54) is 16.0 Å². The summed E-state index contributed by atoms with van der Waals surface area (Å²) in [6.45, 7) is 5.46. The highest BCUT2D eigenvalue weighted by Gasteiger charge is 2.21. The quantitative estimate of drug-likeness (QED) is 0.681. The van der Waals surface area contributed by atoms with Crippen molar-refractivity contribution >= 4 is 38.9 Å². The number of aryl methyl sites for hydroxylation is 3. The number of rotatable bonds is 3. The van der Waals surface area contributed by atoms with Crippen LogP contribution in [0.3, 0.4) is 0 Å². The molecule has 6 nitrogen and oxygen atoms in total. The van der Waals surface area contributed by atoms with Crippen molar-refractivity contribution in [1.82, 2.24) is 14.8 Å². The van der Waals surface area contributed by atoms with Gasteiger partial charge in [0.15, 0.2) is 0 Å². The Labute approximate surface area is 163 Å². The van der Waals surface area contributed by atoms with Crippen LogP contribution in [0.5, 0.6) is 0 Å². The Kier molecular flexibility index (Phi) is 5.06. The topological polar surface area (TPSA) is 76.9 Å². The maximum absolute atomic E-state index is 12.6. The van der Waals surface area contributed by atoms with Gasteiger partial charge in [-0.1, -0.05) is 22.0 Å². The first kappa shape index (κ1) is 18.5. The summed E-state index contributed by atoms with van der Waals surface area (Å²) >= 11 is 4.60. The van der Waals surface area contributed by atoms with Crippen LogP contribution in [-0.4, -0.2) is 20.7 Å². The summed E-state index contributed by atoms with van der Waals surface area (Å²) in [5, 5.41) is 7.58. The molecule has 8 heteroatoms. The molecular formula is C18H17BrN4O2S. The zero-order chi connectivity index (χ0) is 19.0. The second kappa shape index (κ2) is 7.13. The van der Waals surface area contributed by atoms with Crippen molar-refractivity contribution in [2.45, 2.75) is 20.8 Å². The molecule has 3 rings (SSSR count). The Morgan fingerprint density at radius 1 is 1.23 bits per heavy atom. The van der Waals surface area contributed by atoms with E-state index in [1.54, 1.807) is 14.0 Å². The highest BCUT2D eigenvalue weighted by molar-refractivity contribution is 9.10. The number of nitrogens with one attached hydrogen (secondary N) is 1. The molecule has 0 aliphatic heterocycles. The molecule has 2 heterocycles. The molecule has 0 spiro atoms. The van der Waals surface area contributed by atoms with Crippen LogP contribution in [0.2, 0.25) is 0 Å². The lowest BCUT2D eigenvalue weighted by Crippen LogP contribution is -2.23. The summed E-state index contributed by atoms with van der Waals surface area (Å²) in [6, 6.07) is 7.36. The van der Waals surface area contributed by atoms with E-state index in [1.807, 2.05) is 38.1 Å². The zero-order valence-electron chi connectivity index (χ0n) is 14.8. The zero-order valence-corrected chi connectivity index (χ0v) is 17.2. The van der Waals surface area contributed by atoms with E-state index in [-0.39, 0.29) is 11.5 Å². The van der Waals surface area contributed by atoms with E-state index in [0.717, 1.165) is 15.7 Å². The standard InChI is InChI=1S/C18H17BrN4O2S/c1-9-10(2)22-23(4)18(25)14(9)17-20-11(3)15(26-17)16(24)21-13-7-5-6-12(19)8-13/h5-8H,1-4H3,(H,21,24). The molecule has 26 heavy (non-hydrogen) atoms. The number of anilines is 1. The van der Waals surface area contributed by atoms with E-state index in [9.17, 15) is 9.59 Å². The minimum Gasteiger partial charge on any atom is -0.321 e. The van der Waals surface area contributed by atoms with E-state index in [2.05, 4.69) is 31.3 Å². The third-order valence-corrected chi connectivity index (χ3v) is 5.69. The SMILES string of the molecule is Cc1nc(-c2c(C)c(C)nn(C)c2=O)sc1C(=O)Nc1cccc(Br)c1. The number of benzene rings is 1. The summed E-state index contributed by atoms with van der Waals surface area (Å²) in [5.41, 5.74) is 3.09. The van der Waals surface area contributed by atoms with Gasteiger partial charge in [-0.15, -0.1) is 11.3 Å². The lowest BCUT2D eigenvalue weighted by molar-refractivity contribution is 0.103. The van der Waals surface area contributed by atoms with Gasteiger partial charge in [-0.3, -0.25) is 9.59 Å². The average Bonchev–Trinajstić information content (AvgIpc) is 2.95. The van der Waals surface area contributed by atoms with Crippen molar-refractivity contribution in [1.29, 1.82) is 0 Å². The van der Waals surface area contributed by atoms with Crippen LogP contribution in [0.4, 0.5) is 5.69 Å². The third-order valence-electron chi connectivity index (χ3n) is 4.02. The highest BCUT2D eigenvalue weighted by atomic mass is 79.9. The van der Waals surface area contributed by atoms with Gasteiger partial charge in [0.1, 0.15) is 9.88 Å². The number of aromatic nitrogens is 3. The van der Waals surface area contributed by atoms with Crippen LogP contribution in [0.1, 0.15) is 26.6 Å². The Bertz CT molecular complexity index is 1070. The van der Waals surface area contributed by atoms with Gasteiger partial charge in [0.25, 0.3) is 11.5 Å². The monoisotopic (exact) mass is 432 g/mol. The molecule has 0 aliphatic carbocycles. The van der Waals surface area contributed by atoms with Gasteiger partial charge in [-0.05, 0) is 44.5 Å². The number of nitrogens with zero attached hydrogens (tertiary/aromatic N) is 3. The fourth-order valence-corrected chi connectivity index (χ4v) is 4.02. The number of amides is 1. The molecule has 0 saturated heterocycles. The smallest absolute Gasteiger partial charge is 0.277 e. The summed E-state index contributed by atoms with van der Waals surface area (Å²) in [5.74, 6) is -0.246. The second-order valence-corrected chi connectivity index (χ2v) is 7.83. The summed E-state index contributed by atoms with van der Waals surface area (Å²) in [7, 11) is 1.61. The van der Waals surface area contributed by atoms with Gasteiger partial charge in [-0.25, -0.2) is 9.67 Å². The number of carbonyl (C=O) groups is 1. The van der Waals surface area contributed by atoms with Crippen molar-refractivity contribution < 1.29 is 4.79 Å². The number of halogens is 1. The second-order valence-electron chi connectivity index (χ2n) is 5.91. The minimum absolute atomic E-state index is 0.221. The molecule has 0 fully saturated rings. The van der Waals surface area contributed by atoms with Crippen molar-refractivity contribution in [3.63, 3.8) is 0 Å². The van der Waals surface area contributed by atoms with Crippen molar-refractivity contribution in [3.05, 3.63) is 60.9 Å². The minimum atomic E-state index is -0.246.